The van der Waals surface area contributed by atoms with Crippen LogP contribution in [0.2, 0.25) is 0 Å². The Labute approximate surface area is 484 Å². The summed E-state index contributed by atoms with van der Waals surface area (Å²) in [6, 6.07) is 76.0. The SMILES string of the molecule is C=Cc1ccc(N(c2ccc(-c3cc4cc(N(C5=CC=C(/C(C)=C/C=C\C)CC5)c5ccc6sc(C7=CCC(N(c8ccc(C=C)cc8)c8cccc9ccccc89)C=C7)cc6c5)ccc4s3)cc2)c2cccc3ccccc23)cc1. The molecule has 2 aliphatic carbocycles. The summed E-state index contributed by atoms with van der Waals surface area (Å²) in [6.45, 7) is 12.3. The molecule has 0 fully saturated rings. The second-order valence-electron chi connectivity index (χ2n) is 20.9. The summed E-state index contributed by atoms with van der Waals surface area (Å²) >= 11 is 3.73. The molecule has 81 heavy (non-hydrogen) atoms. The van der Waals surface area contributed by atoms with Crippen LogP contribution in [0.4, 0.5) is 39.8 Å². The summed E-state index contributed by atoms with van der Waals surface area (Å²) in [5.74, 6) is 0. The molecule has 0 saturated heterocycles. The van der Waals surface area contributed by atoms with Crippen molar-refractivity contribution >= 4 is 122 Å². The van der Waals surface area contributed by atoms with Gasteiger partial charge in [0.15, 0.2) is 0 Å². The Morgan fingerprint density at radius 3 is 1.67 bits per heavy atom. The lowest BCUT2D eigenvalue weighted by atomic mass is 9.95. The number of thiophene rings is 2. The molecule has 2 heterocycles. The van der Waals surface area contributed by atoms with E-state index in [4.69, 9.17) is 0 Å². The minimum atomic E-state index is 0.144. The normalized spacial score (nSPS) is 14.6. The van der Waals surface area contributed by atoms with E-state index in [1.54, 1.807) is 0 Å². The number of hydrogen-bond donors (Lipinski definition) is 0. The van der Waals surface area contributed by atoms with Crippen molar-refractivity contribution in [2.75, 3.05) is 14.7 Å². The molecule has 1 atom stereocenters. The van der Waals surface area contributed by atoms with E-state index in [0.717, 1.165) is 58.8 Å². The molecule has 0 bridgehead atoms. The van der Waals surface area contributed by atoms with E-state index in [1.165, 1.54) is 90.8 Å². The molecule has 0 spiro atoms. The van der Waals surface area contributed by atoms with Gasteiger partial charge in [0.1, 0.15) is 0 Å². The lowest BCUT2D eigenvalue weighted by molar-refractivity contribution is 0.789. The summed E-state index contributed by atoms with van der Waals surface area (Å²) in [6.07, 6.45) is 24.9. The van der Waals surface area contributed by atoms with Crippen LogP contribution < -0.4 is 14.7 Å². The van der Waals surface area contributed by atoms with E-state index in [9.17, 15) is 0 Å². The smallest absolute Gasteiger partial charge is 0.0560 e. The Kier molecular flexibility index (Phi) is 14.2. The summed E-state index contributed by atoms with van der Waals surface area (Å²) < 4.78 is 2.55. The Hall–Kier alpha value is -9.26. The highest BCUT2D eigenvalue weighted by Gasteiger charge is 2.25. The lowest BCUT2D eigenvalue weighted by Crippen LogP contribution is -2.30. The highest BCUT2D eigenvalue weighted by atomic mass is 32.1. The first-order valence-electron chi connectivity index (χ1n) is 28.0. The minimum Gasteiger partial charge on any atom is -0.334 e. The highest BCUT2D eigenvalue weighted by Crippen LogP contribution is 2.45. The third-order valence-electron chi connectivity index (χ3n) is 15.9. The second kappa shape index (κ2) is 22.5. The van der Waals surface area contributed by atoms with Gasteiger partial charge in [0.25, 0.3) is 0 Å². The monoisotopic (exact) mass is 1080 g/mol. The van der Waals surface area contributed by atoms with Gasteiger partial charge in [0, 0.05) is 69.7 Å². The molecule has 0 N–H and O–H groups in total. The maximum atomic E-state index is 4.01. The zero-order valence-electron chi connectivity index (χ0n) is 45.7. The van der Waals surface area contributed by atoms with Gasteiger partial charge in [-0.3, -0.25) is 0 Å². The first kappa shape index (κ1) is 51.2. The van der Waals surface area contributed by atoms with Gasteiger partial charge in [-0.1, -0.05) is 177 Å². The summed E-state index contributed by atoms with van der Waals surface area (Å²) in [4.78, 5) is 9.89. The molecule has 9 aromatic carbocycles. The maximum Gasteiger partial charge on any atom is 0.0560 e. The zero-order valence-corrected chi connectivity index (χ0v) is 47.3. The Morgan fingerprint density at radius 1 is 0.519 bits per heavy atom. The Bertz CT molecular complexity index is 4370. The average molecular weight is 1080 g/mol. The molecular weight excluding hydrogens is 1020 g/mol. The predicted molar refractivity (Wildman–Crippen MR) is 356 cm³/mol. The number of rotatable bonds is 15. The maximum absolute atomic E-state index is 4.01. The van der Waals surface area contributed by atoms with Crippen molar-refractivity contribution in [3.8, 4) is 10.4 Å². The van der Waals surface area contributed by atoms with Gasteiger partial charge in [-0.2, -0.15) is 0 Å². The molecule has 2 aliphatic rings. The van der Waals surface area contributed by atoms with Crippen LogP contribution in [0.15, 0.2) is 285 Å². The largest absolute Gasteiger partial charge is 0.334 e. The fraction of sp³-hybridized carbons (Fsp3) is 0.0789. The van der Waals surface area contributed by atoms with E-state index in [-0.39, 0.29) is 6.04 Å². The van der Waals surface area contributed by atoms with Gasteiger partial charge < -0.3 is 14.7 Å². The summed E-state index contributed by atoms with van der Waals surface area (Å²) in [5, 5.41) is 7.39. The molecule has 11 aromatic rings. The lowest BCUT2D eigenvalue weighted by Gasteiger charge is -2.34. The predicted octanol–water partition coefficient (Wildman–Crippen LogP) is 22.7. The highest BCUT2D eigenvalue weighted by molar-refractivity contribution is 7.22. The van der Waals surface area contributed by atoms with Crippen LogP contribution in [0.5, 0.6) is 0 Å². The van der Waals surface area contributed by atoms with Crippen molar-refractivity contribution in [1.29, 1.82) is 0 Å². The van der Waals surface area contributed by atoms with Crippen LogP contribution in [0.25, 0.3) is 69.9 Å². The number of nitrogens with zero attached hydrogens (tertiary/aromatic N) is 3. The van der Waals surface area contributed by atoms with Gasteiger partial charge in [-0.05, 0) is 191 Å². The second-order valence-corrected chi connectivity index (χ2v) is 23.1. The van der Waals surface area contributed by atoms with E-state index in [1.807, 2.05) is 34.8 Å². The standard InChI is InChI=1S/C76H61N3S2/c1-5-8-15-52(4)55-28-38-62(39-29-55)77(67-44-46-73-60(48-67)50-75(80-73)58-30-40-65(41-31-58)78(63-34-24-53(6-2)25-35-63)71-22-13-18-56-16-9-11-20-69(56)71)68-45-47-74-61(49-68)51-76(81-74)59-32-42-66(43-33-59)79(64-36-26-54(7-3)27-37-64)72-23-14-19-57-17-10-12-21-70(57)72/h5-28,30-38,40-42,44-51,66H,2-3,29,39,43H2,1,4H3/b8-5-,52-15+. The Balaban J connectivity index is 0.818. The third kappa shape index (κ3) is 10.2. The summed E-state index contributed by atoms with van der Waals surface area (Å²) in [5.41, 5.74) is 16.7. The van der Waals surface area contributed by atoms with Crippen molar-refractivity contribution in [3.05, 3.63) is 301 Å². The molecule has 3 nitrogen and oxygen atoms in total. The molecule has 1 unspecified atom stereocenters. The van der Waals surface area contributed by atoms with Crippen molar-refractivity contribution in [1.82, 2.24) is 0 Å². The van der Waals surface area contributed by atoms with Gasteiger partial charge in [0.2, 0.25) is 0 Å². The molecule has 2 aromatic heterocycles. The van der Waals surface area contributed by atoms with E-state index in [0.29, 0.717) is 0 Å². The van der Waals surface area contributed by atoms with Gasteiger partial charge in [-0.25, -0.2) is 0 Å². The number of anilines is 7. The van der Waals surface area contributed by atoms with Crippen molar-refractivity contribution in [2.45, 2.75) is 39.2 Å². The molecule has 13 rings (SSSR count). The van der Waals surface area contributed by atoms with Crippen LogP contribution in [-0.2, 0) is 0 Å². The number of allylic oxidation sites excluding steroid dienone is 10. The van der Waals surface area contributed by atoms with Crippen LogP contribution in [0.1, 0.15) is 49.1 Å². The van der Waals surface area contributed by atoms with Crippen molar-refractivity contribution < 1.29 is 0 Å². The Morgan fingerprint density at radius 2 is 1.07 bits per heavy atom. The van der Waals surface area contributed by atoms with Crippen molar-refractivity contribution in [2.24, 2.45) is 0 Å². The third-order valence-corrected chi connectivity index (χ3v) is 18.2. The van der Waals surface area contributed by atoms with Crippen LogP contribution in [0, 0.1) is 0 Å². The average Bonchev–Trinajstić information content (AvgIpc) is 4.34. The van der Waals surface area contributed by atoms with Crippen LogP contribution in [-0.4, -0.2) is 6.04 Å². The van der Waals surface area contributed by atoms with Gasteiger partial charge in [0.05, 0.1) is 11.7 Å². The van der Waals surface area contributed by atoms with Crippen LogP contribution in [0.3, 0.4) is 0 Å². The van der Waals surface area contributed by atoms with Crippen molar-refractivity contribution in [3.63, 3.8) is 0 Å². The number of benzene rings is 9. The minimum absolute atomic E-state index is 0.144. The topological polar surface area (TPSA) is 9.72 Å². The number of hydrogen-bond acceptors (Lipinski definition) is 5. The fourth-order valence-corrected chi connectivity index (χ4v) is 13.8. The first-order valence-corrected chi connectivity index (χ1v) is 29.6. The molecule has 392 valence electrons. The molecule has 0 saturated carbocycles. The molecule has 0 amide bonds. The van der Waals surface area contributed by atoms with Gasteiger partial charge >= 0.3 is 0 Å². The summed E-state index contributed by atoms with van der Waals surface area (Å²) in [7, 11) is 0. The molecule has 5 heteroatoms. The van der Waals surface area contributed by atoms with E-state index < -0.39 is 0 Å². The fourth-order valence-electron chi connectivity index (χ4n) is 11.6. The van der Waals surface area contributed by atoms with Crippen LogP contribution >= 0.6 is 22.7 Å². The number of fused-ring (bicyclic) bond motifs is 4. The quantitative estimate of drug-likeness (QED) is 0.0948. The molecule has 0 aliphatic heterocycles. The zero-order chi connectivity index (χ0) is 54.8. The van der Waals surface area contributed by atoms with Gasteiger partial charge in [-0.15, -0.1) is 22.7 Å². The molecule has 0 radical (unpaired) electrons. The van der Waals surface area contributed by atoms with E-state index in [2.05, 4.69) is 297 Å². The van der Waals surface area contributed by atoms with E-state index >= 15 is 0 Å². The first-order chi connectivity index (χ1) is 39.9. The molecular formula is C76H61N3S2.